The lowest BCUT2D eigenvalue weighted by Gasteiger charge is -2.35. The Morgan fingerprint density at radius 3 is 2.74 bits per heavy atom. The van der Waals surface area contributed by atoms with Crippen molar-refractivity contribution in [3.63, 3.8) is 0 Å². The molecule has 3 heterocycles. The van der Waals surface area contributed by atoms with Crippen LogP contribution in [0.25, 0.3) is 0 Å². The van der Waals surface area contributed by atoms with Gasteiger partial charge in [0.2, 0.25) is 0 Å². The quantitative estimate of drug-likeness (QED) is 0.825. The van der Waals surface area contributed by atoms with Gasteiger partial charge in [0.05, 0.1) is 12.1 Å². The summed E-state index contributed by atoms with van der Waals surface area (Å²) in [6.07, 6.45) is 3.47. The van der Waals surface area contributed by atoms with Gasteiger partial charge in [-0.15, -0.1) is 0 Å². The number of hydrogen-bond acceptors (Lipinski definition) is 4. The summed E-state index contributed by atoms with van der Waals surface area (Å²) in [4.78, 5) is 0. The van der Waals surface area contributed by atoms with Crippen molar-refractivity contribution in [2.24, 2.45) is 0 Å². The van der Waals surface area contributed by atoms with Crippen molar-refractivity contribution in [1.82, 2.24) is 8.61 Å². The molecule has 2 fully saturated rings. The lowest BCUT2D eigenvalue weighted by atomic mass is 10.1. The predicted octanol–water partition coefficient (Wildman–Crippen LogP) is 2.47. The Kier molecular flexibility index (Phi) is 5.10. The number of nitrogens with zero attached hydrogens (tertiary/aromatic N) is 2. The van der Waals surface area contributed by atoms with E-state index < -0.39 is 10.2 Å². The molecule has 130 valence electrons. The van der Waals surface area contributed by atoms with Crippen LogP contribution in [0.1, 0.15) is 50.2 Å². The highest BCUT2D eigenvalue weighted by Crippen LogP contribution is 2.36. The van der Waals surface area contributed by atoms with Gasteiger partial charge < -0.3 is 9.15 Å². The van der Waals surface area contributed by atoms with Crippen LogP contribution in [0.4, 0.5) is 0 Å². The second-order valence-corrected chi connectivity index (χ2v) is 8.18. The van der Waals surface area contributed by atoms with Crippen molar-refractivity contribution in [1.29, 1.82) is 0 Å². The number of furan rings is 1. The van der Waals surface area contributed by atoms with Gasteiger partial charge in [-0.2, -0.15) is 17.0 Å². The van der Waals surface area contributed by atoms with E-state index in [4.69, 9.17) is 9.15 Å². The van der Waals surface area contributed by atoms with E-state index >= 15 is 0 Å². The standard InChI is InChI=1S/C16H26N2O4S/c1-3-21-14-6-4-10-17(12-14)23(19,20)18-11-5-7-15(18)16-9-8-13(2)22-16/h8-9,14-15H,3-7,10-12H2,1-2H3/t14-,15-/m0/s1. The minimum absolute atomic E-state index is 0.00966. The van der Waals surface area contributed by atoms with Gasteiger partial charge in [-0.05, 0) is 51.7 Å². The number of rotatable bonds is 5. The molecule has 3 rings (SSSR count). The highest BCUT2D eigenvalue weighted by Gasteiger charge is 2.41. The molecule has 0 radical (unpaired) electrons. The normalized spacial score (nSPS) is 27.6. The Morgan fingerprint density at radius 2 is 2.04 bits per heavy atom. The van der Waals surface area contributed by atoms with Crippen molar-refractivity contribution in [2.75, 3.05) is 26.2 Å². The molecule has 1 aromatic rings. The second-order valence-electron chi connectivity index (χ2n) is 6.30. The van der Waals surface area contributed by atoms with E-state index in [9.17, 15) is 8.42 Å². The molecule has 23 heavy (non-hydrogen) atoms. The van der Waals surface area contributed by atoms with Gasteiger partial charge in [0.25, 0.3) is 10.2 Å². The van der Waals surface area contributed by atoms with E-state index in [-0.39, 0.29) is 12.1 Å². The SMILES string of the molecule is CCO[C@H]1CCCN(S(=O)(=O)N2CCC[C@H]2c2ccc(C)o2)C1. The Labute approximate surface area is 138 Å². The third kappa shape index (κ3) is 3.47. The largest absolute Gasteiger partial charge is 0.465 e. The van der Waals surface area contributed by atoms with Crippen molar-refractivity contribution >= 4 is 10.2 Å². The van der Waals surface area contributed by atoms with Crippen molar-refractivity contribution in [3.8, 4) is 0 Å². The van der Waals surface area contributed by atoms with Crippen LogP contribution in [0.2, 0.25) is 0 Å². The van der Waals surface area contributed by atoms with Crippen LogP contribution in [0.3, 0.4) is 0 Å². The van der Waals surface area contributed by atoms with Crippen molar-refractivity contribution in [3.05, 3.63) is 23.7 Å². The first-order chi connectivity index (χ1) is 11.0. The van der Waals surface area contributed by atoms with Gasteiger partial charge in [0.1, 0.15) is 11.5 Å². The zero-order valence-corrected chi connectivity index (χ0v) is 14.7. The van der Waals surface area contributed by atoms with Gasteiger partial charge >= 0.3 is 0 Å². The highest BCUT2D eigenvalue weighted by molar-refractivity contribution is 7.86. The van der Waals surface area contributed by atoms with Gasteiger partial charge in [-0.25, -0.2) is 0 Å². The number of hydrogen-bond donors (Lipinski definition) is 0. The third-order valence-electron chi connectivity index (χ3n) is 4.66. The lowest BCUT2D eigenvalue weighted by molar-refractivity contribution is 0.0249. The smallest absolute Gasteiger partial charge is 0.282 e. The molecule has 0 unspecified atom stereocenters. The Balaban J connectivity index is 1.78. The molecule has 0 aliphatic carbocycles. The third-order valence-corrected chi connectivity index (χ3v) is 6.67. The molecule has 0 aromatic carbocycles. The fraction of sp³-hybridized carbons (Fsp3) is 0.750. The molecular formula is C16H26N2O4S. The summed E-state index contributed by atoms with van der Waals surface area (Å²) in [6.45, 7) is 6.04. The fourth-order valence-electron chi connectivity index (χ4n) is 3.57. The second kappa shape index (κ2) is 6.93. The number of piperidine rings is 1. The molecule has 7 heteroatoms. The van der Waals surface area contributed by atoms with E-state index in [1.165, 1.54) is 0 Å². The average Bonchev–Trinajstić information content (AvgIpc) is 3.16. The molecule has 1 aromatic heterocycles. The lowest BCUT2D eigenvalue weighted by Crippen LogP contribution is -2.49. The van der Waals surface area contributed by atoms with Crippen molar-refractivity contribution in [2.45, 2.75) is 51.7 Å². The summed E-state index contributed by atoms with van der Waals surface area (Å²) >= 11 is 0. The summed E-state index contributed by atoms with van der Waals surface area (Å²) in [6, 6.07) is 3.61. The predicted molar refractivity (Wildman–Crippen MR) is 87.3 cm³/mol. The van der Waals surface area contributed by atoms with E-state index in [1.54, 1.807) is 8.61 Å². The molecule has 2 aliphatic rings. The van der Waals surface area contributed by atoms with E-state index in [2.05, 4.69) is 0 Å². The van der Waals surface area contributed by atoms with Gasteiger partial charge in [0.15, 0.2) is 0 Å². The first kappa shape index (κ1) is 17.0. The van der Waals surface area contributed by atoms with Crippen LogP contribution >= 0.6 is 0 Å². The average molecular weight is 342 g/mol. The number of aryl methyl sites for hydroxylation is 1. The monoisotopic (exact) mass is 342 g/mol. The zero-order valence-electron chi connectivity index (χ0n) is 13.9. The summed E-state index contributed by atoms with van der Waals surface area (Å²) < 4.78 is 40.7. The molecule has 0 bridgehead atoms. The number of ether oxygens (including phenoxy) is 1. The van der Waals surface area contributed by atoms with Crippen LogP contribution in [-0.4, -0.2) is 49.4 Å². The van der Waals surface area contributed by atoms with E-state index in [0.717, 1.165) is 37.2 Å². The molecule has 0 spiro atoms. The summed E-state index contributed by atoms with van der Waals surface area (Å²) in [5.74, 6) is 1.57. The fourth-order valence-corrected chi connectivity index (χ4v) is 5.47. The molecule has 2 atom stereocenters. The Hall–Kier alpha value is -0.890. The maximum absolute atomic E-state index is 13.1. The van der Waals surface area contributed by atoms with Crippen LogP contribution < -0.4 is 0 Å². The minimum atomic E-state index is -3.47. The maximum Gasteiger partial charge on any atom is 0.282 e. The zero-order chi connectivity index (χ0) is 16.4. The van der Waals surface area contributed by atoms with Crippen LogP contribution in [0.5, 0.6) is 0 Å². The van der Waals surface area contributed by atoms with Crippen molar-refractivity contribution < 1.29 is 17.6 Å². The molecule has 0 N–H and O–H groups in total. The molecule has 0 amide bonds. The van der Waals surface area contributed by atoms with Gasteiger partial charge in [0, 0.05) is 26.2 Å². The highest BCUT2D eigenvalue weighted by atomic mass is 32.2. The summed E-state index contributed by atoms with van der Waals surface area (Å²) in [5, 5.41) is 0. The Morgan fingerprint density at radius 1 is 1.26 bits per heavy atom. The molecule has 2 aliphatic heterocycles. The first-order valence-electron chi connectivity index (χ1n) is 8.47. The van der Waals surface area contributed by atoms with Gasteiger partial charge in [-0.1, -0.05) is 0 Å². The van der Waals surface area contributed by atoms with Crippen LogP contribution in [-0.2, 0) is 14.9 Å². The summed E-state index contributed by atoms with van der Waals surface area (Å²) in [5.41, 5.74) is 0. The van der Waals surface area contributed by atoms with E-state index in [1.807, 2.05) is 26.0 Å². The Bertz CT molecular complexity index is 626. The van der Waals surface area contributed by atoms with Crippen LogP contribution in [0, 0.1) is 6.92 Å². The summed E-state index contributed by atoms with van der Waals surface area (Å²) in [7, 11) is -3.47. The first-order valence-corrected chi connectivity index (χ1v) is 9.87. The topological polar surface area (TPSA) is 63.0 Å². The molecule has 0 saturated carbocycles. The van der Waals surface area contributed by atoms with Gasteiger partial charge in [-0.3, -0.25) is 0 Å². The minimum Gasteiger partial charge on any atom is -0.465 e. The van der Waals surface area contributed by atoms with Crippen LogP contribution in [0.15, 0.2) is 16.5 Å². The molecular weight excluding hydrogens is 316 g/mol. The van der Waals surface area contributed by atoms with E-state index in [0.29, 0.717) is 26.2 Å². The maximum atomic E-state index is 13.1. The molecule has 6 nitrogen and oxygen atoms in total. The molecule has 2 saturated heterocycles.